The van der Waals surface area contributed by atoms with E-state index < -0.39 is 0 Å². The van der Waals surface area contributed by atoms with E-state index in [9.17, 15) is 0 Å². The van der Waals surface area contributed by atoms with Gasteiger partial charge in [0.25, 0.3) is 0 Å². The van der Waals surface area contributed by atoms with Gasteiger partial charge < -0.3 is 18.9 Å². The SMILES string of the molecule is C1=CCC=C(n2c3ccccc3c3cc(-c4cccc5c4Oc4c(cccc4-c4ccc(N(c6ccccc6)c6ccccc6)cc4)O5)ccc32)C=C1. The predicted molar refractivity (Wildman–Crippen MR) is 219 cm³/mol. The Balaban J connectivity index is 1.03. The lowest BCUT2D eigenvalue weighted by Crippen LogP contribution is -2.09. The van der Waals surface area contributed by atoms with Crippen LogP contribution in [0.3, 0.4) is 0 Å². The number of nitrogens with zero attached hydrogens (tertiary/aromatic N) is 2. The number of hydrogen-bond donors (Lipinski definition) is 0. The second kappa shape index (κ2) is 12.9. The first-order valence-corrected chi connectivity index (χ1v) is 18.0. The Morgan fingerprint density at radius 1 is 0.472 bits per heavy atom. The maximum Gasteiger partial charge on any atom is 0.177 e. The Bertz CT molecular complexity index is 2700. The second-order valence-electron chi connectivity index (χ2n) is 13.3. The molecule has 8 aromatic rings. The van der Waals surface area contributed by atoms with Gasteiger partial charge in [0.05, 0.1) is 11.0 Å². The molecule has 7 aromatic carbocycles. The molecule has 53 heavy (non-hydrogen) atoms. The maximum atomic E-state index is 6.91. The third-order valence-corrected chi connectivity index (χ3v) is 10.1. The number of para-hydroxylation sites is 5. The number of anilines is 3. The summed E-state index contributed by atoms with van der Waals surface area (Å²) in [4.78, 5) is 2.27. The predicted octanol–water partition coefficient (Wildman–Crippen LogP) is 13.9. The summed E-state index contributed by atoms with van der Waals surface area (Å²) in [5, 5.41) is 2.41. The van der Waals surface area contributed by atoms with Gasteiger partial charge in [-0.15, -0.1) is 0 Å². The van der Waals surface area contributed by atoms with E-state index in [4.69, 9.17) is 9.47 Å². The molecular formula is C49H34N2O2. The average molecular weight is 683 g/mol. The molecule has 0 bridgehead atoms. The van der Waals surface area contributed by atoms with Crippen molar-refractivity contribution in [3.63, 3.8) is 0 Å². The Hall–Kier alpha value is -7.04. The molecule has 0 spiro atoms. The molecule has 0 fully saturated rings. The normalized spacial score (nSPS) is 13.1. The van der Waals surface area contributed by atoms with Crippen LogP contribution in [-0.4, -0.2) is 4.57 Å². The van der Waals surface area contributed by atoms with E-state index in [0.717, 1.165) is 45.7 Å². The van der Waals surface area contributed by atoms with Gasteiger partial charge >= 0.3 is 0 Å². The van der Waals surface area contributed by atoms with E-state index >= 15 is 0 Å². The van der Waals surface area contributed by atoms with Crippen LogP contribution in [0, 0.1) is 0 Å². The van der Waals surface area contributed by atoms with Crippen molar-refractivity contribution in [2.75, 3.05) is 4.90 Å². The minimum atomic E-state index is 0.698. The monoisotopic (exact) mass is 682 g/mol. The van der Waals surface area contributed by atoms with Crippen molar-refractivity contribution in [3.05, 3.63) is 194 Å². The van der Waals surface area contributed by atoms with Crippen LogP contribution in [0.2, 0.25) is 0 Å². The maximum absolute atomic E-state index is 6.91. The molecule has 0 atom stereocenters. The second-order valence-corrected chi connectivity index (χ2v) is 13.3. The summed E-state index contributed by atoms with van der Waals surface area (Å²) < 4.78 is 15.9. The number of allylic oxidation sites excluding steroid dienone is 6. The van der Waals surface area contributed by atoms with Crippen molar-refractivity contribution < 1.29 is 9.47 Å². The summed E-state index contributed by atoms with van der Waals surface area (Å²) in [6, 6.07) is 57.2. The topological polar surface area (TPSA) is 26.6 Å². The summed E-state index contributed by atoms with van der Waals surface area (Å²) in [5.41, 5.74) is 10.9. The van der Waals surface area contributed by atoms with Crippen molar-refractivity contribution in [2.24, 2.45) is 0 Å². The summed E-state index contributed by atoms with van der Waals surface area (Å²) in [5.74, 6) is 2.82. The molecule has 2 heterocycles. The summed E-state index contributed by atoms with van der Waals surface area (Å²) in [6.07, 6.45) is 11.8. The number of aromatic nitrogens is 1. The molecule has 10 rings (SSSR count). The lowest BCUT2D eigenvalue weighted by atomic mass is 10.00. The highest BCUT2D eigenvalue weighted by molar-refractivity contribution is 6.11. The summed E-state index contributed by atoms with van der Waals surface area (Å²) in [6.45, 7) is 0. The molecule has 1 aromatic heterocycles. The van der Waals surface area contributed by atoms with E-state index in [-0.39, 0.29) is 0 Å². The standard InChI is InChI=1S/C49H34N2O2/c1-2-6-20-38(19-5-1)51-44-24-12-11-21-42(44)43-33-35(29-32-45(43)51)41-23-14-26-47-49(41)53-48-40(22-13-25-46(48)52-47)34-27-30-39(31-28-34)50(36-15-7-3-8-16-36)37-17-9-4-10-18-37/h1-5,7-33H,6H2. The van der Waals surface area contributed by atoms with Crippen LogP contribution in [0.25, 0.3) is 49.8 Å². The molecule has 0 unspecified atom stereocenters. The van der Waals surface area contributed by atoms with Gasteiger partial charge in [-0.25, -0.2) is 0 Å². The van der Waals surface area contributed by atoms with Crippen LogP contribution in [-0.2, 0) is 0 Å². The number of fused-ring (bicyclic) bond motifs is 5. The van der Waals surface area contributed by atoms with Crippen molar-refractivity contribution in [1.29, 1.82) is 0 Å². The highest BCUT2D eigenvalue weighted by Gasteiger charge is 2.26. The molecule has 0 amide bonds. The third kappa shape index (κ3) is 5.40. The number of benzene rings is 7. The van der Waals surface area contributed by atoms with Gasteiger partial charge in [-0.1, -0.05) is 121 Å². The first kappa shape index (κ1) is 30.8. The van der Waals surface area contributed by atoms with Gasteiger partial charge in [0.2, 0.25) is 0 Å². The molecule has 4 heteroatoms. The zero-order valence-corrected chi connectivity index (χ0v) is 28.9. The van der Waals surface area contributed by atoms with E-state index in [1.807, 2.05) is 36.4 Å². The molecule has 0 saturated heterocycles. The van der Waals surface area contributed by atoms with Gasteiger partial charge in [-0.3, -0.25) is 0 Å². The Kier molecular flexibility index (Phi) is 7.51. The fraction of sp³-hybridized carbons (Fsp3) is 0.0204. The number of rotatable bonds is 6. The Labute approximate surface area is 308 Å². The summed E-state index contributed by atoms with van der Waals surface area (Å²) >= 11 is 0. The third-order valence-electron chi connectivity index (χ3n) is 10.1. The van der Waals surface area contributed by atoms with E-state index in [1.165, 1.54) is 27.5 Å². The van der Waals surface area contributed by atoms with Crippen LogP contribution in [0.5, 0.6) is 23.0 Å². The lowest BCUT2D eigenvalue weighted by Gasteiger charge is -2.26. The van der Waals surface area contributed by atoms with E-state index in [2.05, 4.69) is 167 Å². The fourth-order valence-corrected chi connectivity index (χ4v) is 7.62. The number of ether oxygens (including phenoxy) is 2. The van der Waals surface area contributed by atoms with Crippen LogP contribution in [0.1, 0.15) is 6.42 Å². The molecule has 0 N–H and O–H groups in total. The van der Waals surface area contributed by atoms with Crippen LogP contribution < -0.4 is 14.4 Å². The van der Waals surface area contributed by atoms with Crippen molar-refractivity contribution in [3.8, 4) is 45.3 Å². The minimum absolute atomic E-state index is 0.698. The molecule has 2 aliphatic rings. The van der Waals surface area contributed by atoms with Gasteiger partial charge in [0.15, 0.2) is 23.0 Å². The van der Waals surface area contributed by atoms with Crippen molar-refractivity contribution in [2.45, 2.75) is 6.42 Å². The van der Waals surface area contributed by atoms with Crippen LogP contribution in [0.4, 0.5) is 17.1 Å². The fourth-order valence-electron chi connectivity index (χ4n) is 7.62. The highest BCUT2D eigenvalue weighted by Crippen LogP contribution is 2.53. The van der Waals surface area contributed by atoms with Crippen LogP contribution in [0.15, 0.2) is 194 Å². The molecule has 0 radical (unpaired) electrons. The largest absolute Gasteiger partial charge is 0.449 e. The molecule has 1 aliphatic heterocycles. The van der Waals surface area contributed by atoms with Crippen molar-refractivity contribution >= 4 is 44.6 Å². The van der Waals surface area contributed by atoms with Gasteiger partial charge in [-0.2, -0.15) is 0 Å². The zero-order valence-electron chi connectivity index (χ0n) is 28.9. The molecule has 1 aliphatic carbocycles. The van der Waals surface area contributed by atoms with Gasteiger partial charge in [-0.05, 0) is 90.4 Å². The average Bonchev–Trinajstić information content (AvgIpc) is 3.33. The van der Waals surface area contributed by atoms with Crippen LogP contribution >= 0.6 is 0 Å². The zero-order chi connectivity index (χ0) is 35.1. The Morgan fingerprint density at radius 3 is 1.79 bits per heavy atom. The summed E-state index contributed by atoms with van der Waals surface area (Å²) in [7, 11) is 0. The molecule has 252 valence electrons. The highest BCUT2D eigenvalue weighted by atomic mass is 16.6. The van der Waals surface area contributed by atoms with E-state index in [1.54, 1.807) is 0 Å². The number of hydrogen-bond acceptors (Lipinski definition) is 3. The molecule has 0 saturated carbocycles. The smallest absolute Gasteiger partial charge is 0.177 e. The van der Waals surface area contributed by atoms with Gasteiger partial charge in [0.1, 0.15) is 0 Å². The quantitative estimate of drug-likeness (QED) is 0.175. The minimum Gasteiger partial charge on any atom is -0.449 e. The first-order valence-electron chi connectivity index (χ1n) is 18.0. The van der Waals surface area contributed by atoms with Gasteiger partial charge in [0, 0.05) is 44.7 Å². The first-order chi connectivity index (χ1) is 26.3. The Morgan fingerprint density at radius 2 is 1.08 bits per heavy atom. The molecule has 4 nitrogen and oxygen atoms in total. The van der Waals surface area contributed by atoms with E-state index in [0.29, 0.717) is 23.0 Å². The molecular weight excluding hydrogens is 649 g/mol. The lowest BCUT2D eigenvalue weighted by molar-refractivity contribution is 0.362. The van der Waals surface area contributed by atoms with Crippen molar-refractivity contribution in [1.82, 2.24) is 4.57 Å².